The molecule has 25 heavy (non-hydrogen) atoms. The van der Waals surface area contributed by atoms with Crippen molar-refractivity contribution in [3.8, 4) is 22.8 Å². The summed E-state index contributed by atoms with van der Waals surface area (Å²) < 4.78 is 0. The molecule has 4 rings (SSSR count). The summed E-state index contributed by atoms with van der Waals surface area (Å²) in [4.78, 5) is 4.22. The van der Waals surface area contributed by atoms with Crippen molar-refractivity contribution in [1.82, 2.24) is 4.98 Å². The van der Waals surface area contributed by atoms with Crippen LogP contribution >= 0.6 is 0 Å². The smallest absolute Gasteiger partial charge is 0.165 e. The Morgan fingerprint density at radius 3 is 2.24 bits per heavy atom. The van der Waals surface area contributed by atoms with E-state index in [0.29, 0.717) is 5.39 Å². The monoisotopic (exact) mass is 509 g/mol. The van der Waals surface area contributed by atoms with Gasteiger partial charge in [0, 0.05) is 32.6 Å². The number of nitrogens with zero attached hydrogens (tertiary/aromatic N) is 1. The van der Waals surface area contributed by atoms with Crippen LogP contribution in [0.5, 0.6) is 11.5 Å². The molecule has 128 valence electrons. The Hall–Kier alpha value is -2.64. The summed E-state index contributed by atoms with van der Waals surface area (Å²) in [5.41, 5.74) is 2.01. The molecular weight excluding hydrogens is 493 g/mol. The summed E-state index contributed by atoms with van der Waals surface area (Å²) in [7, 11) is 0. The number of aromatic hydroxyl groups is 2. The zero-order valence-corrected chi connectivity index (χ0v) is 15.5. The summed E-state index contributed by atoms with van der Waals surface area (Å²) in [6, 6.07) is 27.4. The van der Waals surface area contributed by atoms with Gasteiger partial charge in [-0.2, -0.15) is 0 Å². The van der Waals surface area contributed by atoms with E-state index in [1.165, 1.54) is 6.07 Å². The minimum Gasteiger partial charge on any atom is -0.504 e. The van der Waals surface area contributed by atoms with Gasteiger partial charge in [-0.15, -0.1) is 35.9 Å². The zero-order valence-electron chi connectivity index (χ0n) is 13.2. The van der Waals surface area contributed by atoms with Crippen LogP contribution in [0.25, 0.3) is 22.0 Å². The molecule has 1 aromatic heterocycles. The normalized spacial score (nSPS) is 9.60. The molecule has 0 radical (unpaired) electrons. The number of pyridine rings is 1. The van der Waals surface area contributed by atoms with Crippen LogP contribution < -0.4 is 0 Å². The molecule has 0 aliphatic carbocycles. The molecule has 3 aromatic carbocycles. The summed E-state index contributed by atoms with van der Waals surface area (Å²) in [5.74, 6) is -0.123. The van der Waals surface area contributed by atoms with E-state index < -0.39 is 0 Å². The largest absolute Gasteiger partial charge is 0.504 e. The molecule has 0 atom stereocenters. The van der Waals surface area contributed by atoms with Crippen molar-refractivity contribution >= 4 is 10.8 Å². The first-order chi connectivity index (χ1) is 11.8. The maximum atomic E-state index is 9.41. The minimum absolute atomic E-state index is 0. The van der Waals surface area contributed by atoms with Gasteiger partial charge in [-0.25, -0.2) is 0 Å². The summed E-state index contributed by atoms with van der Waals surface area (Å²) >= 11 is 0. The first kappa shape index (κ1) is 18.7. The summed E-state index contributed by atoms with van der Waals surface area (Å²) in [5, 5.41) is 20.2. The van der Waals surface area contributed by atoms with E-state index in [1.807, 2.05) is 60.7 Å². The van der Waals surface area contributed by atoms with Crippen molar-refractivity contribution < 1.29 is 31.3 Å². The van der Waals surface area contributed by atoms with Gasteiger partial charge in [0.1, 0.15) is 0 Å². The van der Waals surface area contributed by atoms with E-state index >= 15 is 0 Å². The molecule has 0 spiro atoms. The third-order valence-corrected chi connectivity index (χ3v) is 3.53. The standard InChI is InChI=1S/C11H8N.C10H8O2.Pt/c1-2-6-10(7-3-1)11-8-4-5-9-12-11;11-9-6-5-7-3-1-2-4-8(7)10(9)12;/h1-6,8-9H;1-6,11-12H;/q-1;;. The van der Waals surface area contributed by atoms with Gasteiger partial charge in [0.05, 0.1) is 0 Å². The fourth-order valence-corrected chi connectivity index (χ4v) is 2.32. The molecule has 4 aromatic rings. The fraction of sp³-hybridized carbons (Fsp3) is 0. The Bertz CT molecular complexity index is 891. The Labute approximate surface area is 160 Å². The van der Waals surface area contributed by atoms with Crippen molar-refractivity contribution in [2.24, 2.45) is 0 Å². The number of phenolic OH excluding ortho intramolecular Hbond substituents is 2. The number of phenols is 2. The second kappa shape index (κ2) is 9.00. The maximum Gasteiger partial charge on any atom is 0.165 e. The Kier molecular flexibility index (Phi) is 6.73. The average molecular weight is 509 g/mol. The topological polar surface area (TPSA) is 53.4 Å². The van der Waals surface area contributed by atoms with Gasteiger partial charge < -0.3 is 15.2 Å². The zero-order chi connectivity index (χ0) is 16.8. The molecule has 2 N–H and O–H groups in total. The molecule has 4 heteroatoms. The number of fused-ring (bicyclic) bond motifs is 1. The minimum atomic E-state index is -0.0753. The molecule has 0 bridgehead atoms. The third-order valence-electron chi connectivity index (χ3n) is 3.53. The van der Waals surface area contributed by atoms with Gasteiger partial charge in [0.2, 0.25) is 0 Å². The number of benzene rings is 3. The van der Waals surface area contributed by atoms with E-state index in [-0.39, 0.29) is 32.6 Å². The first-order valence-corrected chi connectivity index (χ1v) is 7.53. The second-order valence-corrected chi connectivity index (χ2v) is 5.15. The Morgan fingerprint density at radius 2 is 1.52 bits per heavy atom. The van der Waals surface area contributed by atoms with Crippen LogP contribution in [0.1, 0.15) is 0 Å². The Balaban J connectivity index is 0.000000173. The molecule has 0 aliphatic rings. The predicted molar refractivity (Wildman–Crippen MR) is 95.8 cm³/mol. The van der Waals surface area contributed by atoms with E-state index in [4.69, 9.17) is 5.11 Å². The molecular formula is C21H16NO2Pt-. The first-order valence-electron chi connectivity index (χ1n) is 7.53. The van der Waals surface area contributed by atoms with Gasteiger partial charge in [-0.05, 0) is 23.2 Å². The van der Waals surface area contributed by atoms with Gasteiger partial charge in [0.15, 0.2) is 11.5 Å². The van der Waals surface area contributed by atoms with Crippen LogP contribution in [0.15, 0.2) is 85.1 Å². The molecule has 1 heterocycles. The number of rotatable bonds is 1. The number of aromatic nitrogens is 1. The molecule has 0 saturated carbocycles. The van der Waals surface area contributed by atoms with E-state index in [2.05, 4.69) is 11.1 Å². The van der Waals surface area contributed by atoms with Crippen LogP contribution in [0.4, 0.5) is 0 Å². The molecule has 0 saturated heterocycles. The van der Waals surface area contributed by atoms with Gasteiger partial charge >= 0.3 is 0 Å². The quantitative estimate of drug-likeness (QED) is 0.287. The molecule has 3 nitrogen and oxygen atoms in total. The Morgan fingerprint density at radius 1 is 0.760 bits per heavy atom. The van der Waals surface area contributed by atoms with Crippen LogP contribution in [0.3, 0.4) is 0 Å². The maximum absolute atomic E-state index is 9.41. The van der Waals surface area contributed by atoms with E-state index in [0.717, 1.165) is 16.6 Å². The molecule has 0 fully saturated rings. The number of hydrogen-bond donors (Lipinski definition) is 2. The van der Waals surface area contributed by atoms with Crippen LogP contribution in [-0.2, 0) is 21.1 Å². The van der Waals surface area contributed by atoms with Gasteiger partial charge in [0.25, 0.3) is 0 Å². The van der Waals surface area contributed by atoms with Crippen molar-refractivity contribution in [3.05, 3.63) is 91.1 Å². The SMILES string of the molecule is Oc1ccc2ccccc2c1O.[Pt].[c-]1ccccc1-c1ccccn1. The number of hydrogen-bond acceptors (Lipinski definition) is 3. The summed E-state index contributed by atoms with van der Waals surface area (Å²) in [6.07, 6.45) is 1.79. The van der Waals surface area contributed by atoms with Crippen molar-refractivity contribution in [3.63, 3.8) is 0 Å². The van der Waals surface area contributed by atoms with Crippen LogP contribution in [0.2, 0.25) is 0 Å². The van der Waals surface area contributed by atoms with E-state index in [9.17, 15) is 5.11 Å². The molecule has 0 unspecified atom stereocenters. The third kappa shape index (κ3) is 4.68. The molecule has 0 aliphatic heterocycles. The average Bonchev–Trinajstić information content (AvgIpc) is 2.67. The van der Waals surface area contributed by atoms with E-state index in [1.54, 1.807) is 18.3 Å². The predicted octanol–water partition coefficient (Wildman–Crippen LogP) is 4.80. The molecule has 0 amide bonds. The fourth-order valence-electron chi connectivity index (χ4n) is 2.32. The van der Waals surface area contributed by atoms with Gasteiger partial charge in [-0.3, -0.25) is 0 Å². The van der Waals surface area contributed by atoms with Crippen LogP contribution in [-0.4, -0.2) is 15.2 Å². The van der Waals surface area contributed by atoms with Crippen molar-refractivity contribution in [2.45, 2.75) is 0 Å². The van der Waals surface area contributed by atoms with Crippen LogP contribution in [0, 0.1) is 6.07 Å². The second-order valence-electron chi connectivity index (χ2n) is 5.15. The van der Waals surface area contributed by atoms with Gasteiger partial charge in [-0.1, -0.05) is 42.5 Å². The summed E-state index contributed by atoms with van der Waals surface area (Å²) in [6.45, 7) is 0. The van der Waals surface area contributed by atoms with Crippen molar-refractivity contribution in [2.75, 3.05) is 0 Å². The van der Waals surface area contributed by atoms with Crippen molar-refractivity contribution in [1.29, 1.82) is 0 Å².